The first-order valence-corrected chi connectivity index (χ1v) is 9.95. The summed E-state index contributed by atoms with van der Waals surface area (Å²) >= 11 is 1.56. The first-order valence-electron chi connectivity index (χ1n) is 9.07. The molecule has 3 aromatic rings. The SMILES string of the molecule is COC(=O)C(Nc1ccc(C(=N)N)cc1)c1cc(OC)c(OC)cc1-c1cccs1. The number of amidine groups is 1. The van der Waals surface area contributed by atoms with E-state index in [1.54, 1.807) is 55.9 Å². The molecule has 0 amide bonds. The number of hydrogen-bond donors (Lipinski definition) is 3. The maximum Gasteiger partial charge on any atom is 0.333 e. The molecule has 1 aromatic heterocycles. The van der Waals surface area contributed by atoms with Crippen molar-refractivity contribution in [1.82, 2.24) is 0 Å². The number of thiophene rings is 1. The second-order valence-electron chi connectivity index (χ2n) is 6.36. The van der Waals surface area contributed by atoms with E-state index >= 15 is 0 Å². The number of hydrogen-bond acceptors (Lipinski definition) is 7. The topological polar surface area (TPSA) is 107 Å². The molecule has 0 aliphatic carbocycles. The first-order chi connectivity index (χ1) is 14.5. The quantitative estimate of drug-likeness (QED) is 0.286. The minimum Gasteiger partial charge on any atom is -0.493 e. The Morgan fingerprint density at radius 1 is 1.07 bits per heavy atom. The molecule has 4 N–H and O–H groups in total. The summed E-state index contributed by atoms with van der Waals surface area (Å²) in [4.78, 5) is 13.7. The van der Waals surface area contributed by atoms with E-state index in [4.69, 9.17) is 25.4 Å². The summed E-state index contributed by atoms with van der Waals surface area (Å²) in [5.74, 6) is 0.608. The summed E-state index contributed by atoms with van der Waals surface area (Å²) in [7, 11) is 4.47. The van der Waals surface area contributed by atoms with Gasteiger partial charge in [0.25, 0.3) is 0 Å². The van der Waals surface area contributed by atoms with Crippen LogP contribution in [0.2, 0.25) is 0 Å². The molecule has 0 bridgehead atoms. The van der Waals surface area contributed by atoms with Crippen LogP contribution in [0.4, 0.5) is 5.69 Å². The second kappa shape index (κ2) is 9.32. The lowest BCUT2D eigenvalue weighted by Crippen LogP contribution is -2.23. The van der Waals surface area contributed by atoms with Crippen molar-refractivity contribution in [2.24, 2.45) is 5.73 Å². The standard InChI is InChI=1S/C22H23N3O4S/c1-27-17-11-15(19-5-4-10-30-19)16(12-18(17)28-2)20(22(26)29-3)25-14-8-6-13(7-9-14)21(23)24/h4-12,20,25H,1-3H3,(H3,23,24). The van der Waals surface area contributed by atoms with E-state index in [2.05, 4.69) is 5.32 Å². The van der Waals surface area contributed by atoms with Crippen LogP contribution in [0.25, 0.3) is 10.4 Å². The van der Waals surface area contributed by atoms with Gasteiger partial charge >= 0.3 is 5.97 Å². The Kier molecular flexibility index (Phi) is 6.58. The van der Waals surface area contributed by atoms with Crippen molar-refractivity contribution in [3.8, 4) is 21.9 Å². The van der Waals surface area contributed by atoms with Gasteiger partial charge in [0.2, 0.25) is 0 Å². The van der Waals surface area contributed by atoms with E-state index in [-0.39, 0.29) is 5.84 Å². The van der Waals surface area contributed by atoms with Gasteiger partial charge in [-0.25, -0.2) is 4.79 Å². The summed E-state index contributed by atoms with van der Waals surface area (Å²) in [5, 5.41) is 12.7. The molecule has 0 spiro atoms. The zero-order valence-corrected chi connectivity index (χ0v) is 17.7. The molecule has 2 aromatic carbocycles. The Morgan fingerprint density at radius 2 is 1.73 bits per heavy atom. The molecule has 8 heteroatoms. The Bertz CT molecular complexity index is 1030. The van der Waals surface area contributed by atoms with Gasteiger partial charge in [-0.3, -0.25) is 5.41 Å². The minimum atomic E-state index is -0.796. The van der Waals surface area contributed by atoms with Crippen LogP contribution in [0.15, 0.2) is 53.9 Å². The molecule has 0 aliphatic rings. The van der Waals surface area contributed by atoms with Crippen molar-refractivity contribution in [2.75, 3.05) is 26.6 Å². The van der Waals surface area contributed by atoms with Gasteiger partial charge in [0.1, 0.15) is 5.84 Å². The zero-order valence-electron chi connectivity index (χ0n) is 16.9. The van der Waals surface area contributed by atoms with Gasteiger partial charge < -0.3 is 25.3 Å². The van der Waals surface area contributed by atoms with Gasteiger partial charge in [0.05, 0.1) is 21.3 Å². The molecule has 0 saturated heterocycles. The van der Waals surface area contributed by atoms with Gasteiger partial charge in [-0.15, -0.1) is 11.3 Å². The number of carbonyl (C=O) groups is 1. The lowest BCUT2D eigenvalue weighted by Gasteiger charge is -2.22. The lowest BCUT2D eigenvalue weighted by molar-refractivity contribution is -0.141. The molecular formula is C22H23N3O4S. The summed E-state index contributed by atoms with van der Waals surface area (Å²) in [6, 6.07) is 13.7. The number of nitrogen functional groups attached to an aromatic ring is 1. The largest absolute Gasteiger partial charge is 0.493 e. The molecule has 0 radical (unpaired) electrons. The van der Waals surface area contributed by atoms with Crippen LogP contribution in [0.3, 0.4) is 0 Å². The number of rotatable bonds is 8. The molecule has 7 nitrogen and oxygen atoms in total. The minimum absolute atomic E-state index is 0.0223. The maximum absolute atomic E-state index is 12.8. The number of benzene rings is 2. The predicted molar refractivity (Wildman–Crippen MR) is 119 cm³/mol. The maximum atomic E-state index is 12.8. The van der Waals surface area contributed by atoms with E-state index in [1.165, 1.54) is 7.11 Å². The number of methoxy groups -OCH3 is 3. The molecule has 30 heavy (non-hydrogen) atoms. The van der Waals surface area contributed by atoms with Gasteiger partial charge in [0, 0.05) is 21.7 Å². The fraction of sp³-hybridized carbons (Fsp3) is 0.182. The Balaban J connectivity index is 2.11. The highest BCUT2D eigenvalue weighted by atomic mass is 32.1. The smallest absolute Gasteiger partial charge is 0.333 e. The molecule has 0 aliphatic heterocycles. The highest BCUT2D eigenvalue weighted by Gasteiger charge is 2.27. The third-order valence-electron chi connectivity index (χ3n) is 4.60. The van der Waals surface area contributed by atoms with Gasteiger partial charge in [-0.1, -0.05) is 6.07 Å². The number of nitrogens with one attached hydrogen (secondary N) is 2. The molecule has 0 fully saturated rings. The van der Waals surface area contributed by atoms with Crippen molar-refractivity contribution < 1.29 is 19.0 Å². The van der Waals surface area contributed by atoms with E-state index in [9.17, 15) is 4.79 Å². The number of nitrogens with two attached hydrogens (primary N) is 1. The Hall–Kier alpha value is -3.52. The average Bonchev–Trinajstić information content (AvgIpc) is 3.31. The molecule has 1 unspecified atom stereocenters. The van der Waals surface area contributed by atoms with Crippen LogP contribution in [0, 0.1) is 5.41 Å². The van der Waals surface area contributed by atoms with Crippen molar-refractivity contribution >= 4 is 28.8 Å². The second-order valence-corrected chi connectivity index (χ2v) is 7.31. The van der Waals surface area contributed by atoms with Gasteiger partial charge in [-0.2, -0.15) is 0 Å². The van der Waals surface area contributed by atoms with Crippen molar-refractivity contribution in [1.29, 1.82) is 5.41 Å². The summed E-state index contributed by atoms with van der Waals surface area (Å²) in [6.45, 7) is 0. The first kappa shape index (κ1) is 21.2. The predicted octanol–water partition coefficient (Wildman–Crippen LogP) is 4.04. The number of esters is 1. The number of ether oxygens (including phenoxy) is 3. The molecular weight excluding hydrogens is 402 g/mol. The highest BCUT2D eigenvalue weighted by Crippen LogP contribution is 2.41. The van der Waals surface area contributed by atoms with E-state index in [1.807, 2.05) is 23.6 Å². The van der Waals surface area contributed by atoms with Crippen LogP contribution in [-0.4, -0.2) is 33.1 Å². The summed E-state index contributed by atoms with van der Waals surface area (Å²) in [5.41, 5.74) is 8.33. The molecule has 1 atom stereocenters. The van der Waals surface area contributed by atoms with E-state index in [0.29, 0.717) is 28.3 Å². The van der Waals surface area contributed by atoms with Crippen LogP contribution >= 0.6 is 11.3 Å². The molecule has 0 saturated carbocycles. The van der Waals surface area contributed by atoms with Crippen molar-refractivity contribution in [2.45, 2.75) is 6.04 Å². The van der Waals surface area contributed by atoms with Crippen molar-refractivity contribution in [3.63, 3.8) is 0 Å². The average molecular weight is 426 g/mol. The van der Waals surface area contributed by atoms with E-state index in [0.717, 1.165) is 10.4 Å². The zero-order chi connectivity index (χ0) is 21.7. The normalized spacial score (nSPS) is 11.4. The van der Waals surface area contributed by atoms with Crippen LogP contribution in [0.5, 0.6) is 11.5 Å². The Labute approximate surface area is 178 Å². The van der Waals surface area contributed by atoms with Gasteiger partial charge in [-0.05, 0) is 53.4 Å². The highest BCUT2D eigenvalue weighted by molar-refractivity contribution is 7.13. The van der Waals surface area contributed by atoms with Gasteiger partial charge in [0.15, 0.2) is 17.5 Å². The molecule has 3 rings (SSSR count). The third kappa shape index (κ3) is 4.38. The van der Waals surface area contributed by atoms with Crippen molar-refractivity contribution in [3.05, 3.63) is 65.0 Å². The Morgan fingerprint density at radius 3 is 2.27 bits per heavy atom. The van der Waals surface area contributed by atoms with Crippen LogP contribution < -0.4 is 20.5 Å². The van der Waals surface area contributed by atoms with Crippen LogP contribution in [0.1, 0.15) is 17.2 Å². The fourth-order valence-electron chi connectivity index (χ4n) is 3.07. The van der Waals surface area contributed by atoms with Crippen LogP contribution in [-0.2, 0) is 9.53 Å². The summed E-state index contributed by atoms with van der Waals surface area (Å²) < 4.78 is 16.0. The summed E-state index contributed by atoms with van der Waals surface area (Å²) in [6.07, 6.45) is 0. The fourth-order valence-corrected chi connectivity index (χ4v) is 3.84. The van der Waals surface area contributed by atoms with E-state index < -0.39 is 12.0 Å². The lowest BCUT2D eigenvalue weighted by atomic mass is 9.97. The number of carbonyl (C=O) groups excluding carboxylic acids is 1. The number of anilines is 1. The molecule has 1 heterocycles. The third-order valence-corrected chi connectivity index (χ3v) is 5.50. The monoisotopic (exact) mass is 425 g/mol. The molecule has 156 valence electrons.